The van der Waals surface area contributed by atoms with Gasteiger partial charge in [0, 0.05) is 31.1 Å². The number of ether oxygens (including phenoxy) is 2. The largest absolute Gasteiger partial charge is 0.465 e. The molecule has 0 heterocycles. The molecule has 34 heavy (non-hydrogen) atoms. The van der Waals surface area contributed by atoms with Crippen molar-refractivity contribution < 1.29 is 29.0 Å². The first kappa shape index (κ1) is 27.8. The van der Waals surface area contributed by atoms with Crippen LogP contribution in [-0.4, -0.2) is 54.7 Å². The van der Waals surface area contributed by atoms with E-state index in [-0.39, 0.29) is 31.5 Å². The van der Waals surface area contributed by atoms with E-state index in [1.165, 1.54) is 6.92 Å². The quantitative estimate of drug-likeness (QED) is 0.404. The summed E-state index contributed by atoms with van der Waals surface area (Å²) in [6.45, 7) is 15.3. The molecular formula is C27H41NO6. The summed E-state index contributed by atoms with van der Waals surface area (Å²) < 4.78 is 11.0. The van der Waals surface area contributed by atoms with Crippen molar-refractivity contribution in [3.63, 3.8) is 0 Å². The number of hydrogen-bond acceptors (Lipinski definition) is 7. The van der Waals surface area contributed by atoms with Gasteiger partial charge in [-0.2, -0.15) is 0 Å². The molecule has 0 radical (unpaired) electrons. The molecule has 1 N–H and O–H groups in total. The molecule has 7 heteroatoms. The second-order valence-corrected chi connectivity index (χ2v) is 10.3. The highest BCUT2D eigenvalue weighted by atomic mass is 16.5. The molecule has 2 rings (SSSR count). The van der Waals surface area contributed by atoms with Gasteiger partial charge in [-0.25, -0.2) is 0 Å². The zero-order chi connectivity index (χ0) is 25.6. The number of carbonyl (C=O) groups is 3. The van der Waals surface area contributed by atoms with Crippen LogP contribution in [0.25, 0.3) is 0 Å². The van der Waals surface area contributed by atoms with Crippen LogP contribution in [0.3, 0.4) is 0 Å². The van der Waals surface area contributed by atoms with E-state index >= 15 is 0 Å². The third-order valence-electron chi connectivity index (χ3n) is 6.30. The molecule has 1 aromatic carbocycles. The van der Waals surface area contributed by atoms with Crippen molar-refractivity contribution in [3.05, 3.63) is 29.8 Å². The maximum atomic E-state index is 13.3. The maximum absolute atomic E-state index is 13.3. The minimum atomic E-state index is -1.65. The molecule has 7 nitrogen and oxygen atoms in total. The zero-order valence-corrected chi connectivity index (χ0v) is 21.7. The number of carbonyl (C=O) groups excluding carboxylic acids is 3. The van der Waals surface area contributed by atoms with Gasteiger partial charge in [0.25, 0.3) is 0 Å². The summed E-state index contributed by atoms with van der Waals surface area (Å²) in [6.07, 6.45) is -0.316. The Labute approximate surface area is 203 Å². The maximum Gasteiger partial charge on any atom is 0.317 e. The topological polar surface area (TPSA) is 93.1 Å². The van der Waals surface area contributed by atoms with Crippen molar-refractivity contribution in [1.29, 1.82) is 0 Å². The Kier molecular flexibility index (Phi) is 9.68. The normalized spacial score (nSPS) is 24.9. The third-order valence-corrected chi connectivity index (χ3v) is 6.30. The molecule has 190 valence electrons. The van der Waals surface area contributed by atoms with Crippen LogP contribution in [0.4, 0.5) is 5.69 Å². The summed E-state index contributed by atoms with van der Waals surface area (Å²) in [5.41, 5.74) is -0.0231. The van der Waals surface area contributed by atoms with Gasteiger partial charge in [-0.3, -0.25) is 14.4 Å². The van der Waals surface area contributed by atoms with Crippen molar-refractivity contribution >= 4 is 23.4 Å². The van der Waals surface area contributed by atoms with Crippen molar-refractivity contribution in [3.8, 4) is 0 Å². The van der Waals surface area contributed by atoms with Gasteiger partial charge < -0.3 is 19.5 Å². The minimum Gasteiger partial charge on any atom is -0.465 e. The Morgan fingerprint density at radius 1 is 1.00 bits per heavy atom. The predicted octanol–water partition coefficient (Wildman–Crippen LogP) is 3.97. The fraction of sp³-hybridized carbons (Fsp3) is 0.667. The highest BCUT2D eigenvalue weighted by Gasteiger charge is 2.57. The number of aliphatic hydroxyl groups is 1. The number of hydrogen-bond donors (Lipinski definition) is 1. The van der Waals surface area contributed by atoms with Gasteiger partial charge in [0.2, 0.25) is 0 Å². The number of nitrogens with zero attached hydrogens (tertiary/aromatic N) is 1. The molecule has 0 spiro atoms. The third kappa shape index (κ3) is 6.59. The lowest BCUT2D eigenvalue weighted by atomic mass is 9.61. The van der Waals surface area contributed by atoms with E-state index in [0.29, 0.717) is 5.56 Å². The Hall–Kier alpha value is -2.41. The number of rotatable bonds is 10. The van der Waals surface area contributed by atoms with Gasteiger partial charge in [-0.05, 0) is 50.3 Å². The predicted molar refractivity (Wildman–Crippen MR) is 132 cm³/mol. The van der Waals surface area contributed by atoms with Crippen LogP contribution in [0, 0.1) is 23.7 Å². The Balaban J connectivity index is 2.55. The number of anilines is 1. The van der Waals surface area contributed by atoms with Gasteiger partial charge in [-0.15, -0.1) is 0 Å². The minimum absolute atomic E-state index is 0.101. The van der Waals surface area contributed by atoms with E-state index in [0.717, 1.165) is 18.8 Å². The molecule has 1 aliphatic carbocycles. The summed E-state index contributed by atoms with van der Waals surface area (Å²) in [5, 5.41) is 11.2. The Bertz CT molecular complexity index is 841. The molecule has 0 aliphatic heterocycles. The number of ketones is 1. The lowest BCUT2D eigenvalue weighted by Crippen LogP contribution is -2.55. The number of Topliss-reactive ketones (excluding diaryl/α,β-unsaturated/α-hetero) is 1. The molecule has 0 amide bonds. The SMILES string of the molecule is CCN(CC)c1ccc([C@H]2[C@@H](C(=O)OCC(C)C)C(=O)C[C@@](C)(O)[C@@H]2C(=O)OCC(C)C)cc1. The van der Waals surface area contributed by atoms with Crippen molar-refractivity contribution in [2.45, 2.75) is 66.4 Å². The van der Waals surface area contributed by atoms with Crippen LogP contribution in [0.15, 0.2) is 24.3 Å². The van der Waals surface area contributed by atoms with Crippen molar-refractivity contribution in [2.75, 3.05) is 31.2 Å². The smallest absolute Gasteiger partial charge is 0.317 e. The van der Waals surface area contributed by atoms with E-state index in [4.69, 9.17) is 9.47 Å². The monoisotopic (exact) mass is 475 g/mol. The lowest BCUT2D eigenvalue weighted by molar-refractivity contribution is -0.173. The van der Waals surface area contributed by atoms with Crippen molar-refractivity contribution in [1.82, 2.24) is 0 Å². The van der Waals surface area contributed by atoms with E-state index in [1.54, 1.807) is 0 Å². The second-order valence-electron chi connectivity index (χ2n) is 10.3. The van der Waals surface area contributed by atoms with E-state index in [2.05, 4.69) is 18.7 Å². The van der Waals surface area contributed by atoms with Crippen LogP contribution >= 0.6 is 0 Å². The van der Waals surface area contributed by atoms with Crippen LogP contribution in [0.2, 0.25) is 0 Å². The summed E-state index contributed by atoms with van der Waals surface area (Å²) in [6, 6.07) is 7.50. The van der Waals surface area contributed by atoms with Gasteiger partial charge in [0.1, 0.15) is 5.92 Å². The first-order valence-electron chi connectivity index (χ1n) is 12.4. The van der Waals surface area contributed by atoms with E-state index in [9.17, 15) is 19.5 Å². The molecule has 0 unspecified atom stereocenters. The molecule has 1 aliphatic rings. The summed E-state index contributed by atoms with van der Waals surface area (Å²) >= 11 is 0. The molecule has 0 saturated heterocycles. The van der Waals surface area contributed by atoms with Crippen LogP contribution in [-0.2, 0) is 23.9 Å². The first-order chi connectivity index (χ1) is 15.9. The van der Waals surface area contributed by atoms with Gasteiger partial charge in [-0.1, -0.05) is 39.8 Å². The van der Waals surface area contributed by atoms with Crippen LogP contribution < -0.4 is 4.90 Å². The lowest BCUT2D eigenvalue weighted by Gasteiger charge is -2.43. The summed E-state index contributed by atoms with van der Waals surface area (Å²) in [7, 11) is 0. The standard InChI is InChI=1S/C27H41NO6/c1-8-28(9-2)20-12-10-19(11-13-20)22-23(25(30)33-15-17(3)4)21(29)14-27(7,32)24(22)26(31)34-16-18(5)6/h10-13,17-18,22-24,32H,8-9,14-16H2,1-7H3/t22-,23-,24-,27+/m0/s1. The Morgan fingerprint density at radius 3 is 1.97 bits per heavy atom. The highest BCUT2D eigenvalue weighted by Crippen LogP contribution is 2.47. The molecule has 4 atom stereocenters. The molecule has 1 saturated carbocycles. The van der Waals surface area contributed by atoms with Gasteiger partial charge in [0.05, 0.1) is 24.7 Å². The first-order valence-corrected chi connectivity index (χ1v) is 12.4. The highest BCUT2D eigenvalue weighted by molar-refractivity contribution is 6.02. The fourth-order valence-corrected chi connectivity index (χ4v) is 4.59. The zero-order valence-electron chi connectivity index (χ0n) is 21.7. The average molecular weight is 476 g/mol. The fourth-order valence-electron chi connectivity index (χ4n) is 4.59. The summed E-state index contributed by atoms with van der Waals surface area (Å²) in [5.74, 6) is -4.64. The summed E-state index contributed by atoms with van der Waals surface area (Å²) in [4.78, 5) is 41.7. The molecule has 0 bridgehead atoms. The van der Waals surface area contributed by atoms with Gasteiger partial charge >= 0.3 is 11.9 Å². The average Bonchev–Trinajstić information content (AvgIpc) is 2.76. The Morgan fingerprint density at radius 2 is 1.50 bits per heavy atom. The molecular weight excluding hydrogens is 434 g/mol. The van der Waals surface area contributed by atoms with Crippen LogP contribution in [0.5, 0.6) is 0 Å². The number of esters is 2. The number of benzene rings is 1. The molecule has 0 aromatic heterocycles. The molecule has 1 aromatic rings. The van der Waals surface area contributed by atoms with Crippen molar-refractivity contribution in [2.24, 2.45) is 23.7 Å². The van der Waals surface area contributed by atoms with Crippen LogP contribution in [0.1, 0.15) is 66.4 Å². The van der Waals surface area contributed by atoms with E-state index in [1.807, 2.05) is 52.0 Å². The second kappa shape index (κ2) is 11.8. The van der Waals surface area contributed by atoms with Gasteiger partial charge in [0.15, 0.2) is 5.78 Å². The molecule has 1 fully saturated rings. The van der Waals surface area contributed by atoms with E-state index < -0.39 is 41.1 Å².